The van der Waals surface area contributed by atoms with Gasteiger partial charge in [0.25, 0.3) is 0 Å². The first kappa shape index (κ1) is 18.9. The summed E-state index contributed by atoms with van der Waals surface area (Å²) in [4.78, 5) is 14.0. The van der Waals surface area contributed by atoms with Crippen molar-refractivity contribution in [3.63, 3.8) is 0 Å². The SMILES string of the molecule is O=C(c1cccc(Br)c1)C(Sc1ccccc1)S(=O)(=O)c1ccccc1. The predicted octanol–water partition coefficient (Wildman–Crippen LogP) is 5.22. The van der Waals surface area contributed by atoms with Gasteiger partial charge in [0.1, 0.15) is 0 Å². The topological polar surface area (TPSA) is 51.2 Å². The Morgan fingerprint density at radius 3 is 2.08 bits per heavy atom. The molecular formula is C20H15BrO3S2. The number of sulfone groups is 1. The predicted molar refractivity (Wildman–Crippen MR) is 108 cm³/mol. The van der Waals surface area contributed by atoms with Crippen LogP contribution in [0, 0.1) is 0 Å². The molecule has 0 aliphatic heterocycles. The Balaban J connectivity index is 2.06. The second-order valence-electron chi connectivity index (χ2n) is 5.50. The molecule has 0 aliphatic carbocycles. The van der Waals surface area contributed by atoms with E-state index in [2.05, 4.69) is 15.9 Å². The summed E-state index contributed by atoms with van der Waals surface area (Å²) in [6.45, 7) is 0. The highest BCUT2D eigenvalue weighted by Gasteiger charge is 2.35. The highest BCUT2D eigenvalue weighted by atomic mass is 79.9. The van der Waals surface area contributed by atoms with E-state index >= 15 is 0 Å². The number of thioether (sulfide) groups is 1. The third-order valence-corrected chi connectivity index (χ3v) is 7.88. The second-order valence-corrected chi connectivity index (χ2v) is 9.92. The molecule has 0 radical (unpaired) electrons. The summed E-state index contributed by atoms with van der Waals surface area (Å²) in [6, 6.07) is 23.9. The molecule has 0 saturated carbocycles. The highest BCUT2D eigenvalue weighted by Crippen LogP contribution is 2.33. The number of carbonyl (C=O) groups is 1. The number of carbonyl (C=O) groups excluding carboxylic acids is 1. The van der Waals surface area contributed by atoms with E-state index in [0.717, 1.165) is 21.1 Å². The average Bonchev–Trinajstić information content (AvgIpc) is 2.67. The molecule has 0 saturated heterocycles. The minimum absolute atomic E-state index is 0.136. The maximum Gasteiger partial charge on any atom is 0.198 e. The van der Waals surface area contributed by atoms with Crippen molar-refractivity contribution in [2.24, 2.45) is 0 Å². The third-order valence-electron chi connectivity index (χ3n) is 3.66. The molecule has 0 amide bonds. The van der Waals surface area contributed by atoms with Crippen molar-refractivity contribution in [1.29, 1.82) is 0 Å². The minimum atomic E-state index is -3.86. The molecular weight excluding hydrogens is 432 g/mol. The molecule has 0 aromatic heterocycles. The van der Waals surface area contributed by atoms with E-state index in [1.54, 1.807) is 54.6 Å². The standard InChI is InChI=1S/C20H15BrO3S2/c21-16-9-7-8-15(14-16)19(22)20(25-17-10-3-1-4-11-17)26(23,24)18-12-5-2-6-13-18/h1-14,20H. The molecule has 3 rings (SSSR count). The fourth-order valence-electron chi connectivity index (χ4n) is 2.39. The first-order valence-electron chi connectivity index (χ1n) is 7.79. The van der Waals surface area contributed by atoms with Crippen molar-refractivity contribution in [1.82, 2.24) is 0 Å². The molecule has 0 bridgehead atoms. The van der Waals surface area contributed by atoms with E-state index in [9.17, 15) is 13.2 Å². The normalized spacial score (nSPS) is 12.5. The molecule has 0 fully saturated rings. The summed E-state index contributed by atoms with van der Waals surface area (Å²) in [6.07, 6.45) is 0. The summed E-state index contributed by atoms with van der Waals surface area (Å²) < 4.78 is 25.8. The first-order valence-corrected chi connectivity index (χ1v) is 11.0. The van der Waals surface area contributed by atoms with Crippen molar-refractivity contribution >= 4 is 43.3 Å². The van der Waals surface area contributed by atoms with E-state index in [1.807, 2.05) is 18.2 Å². The summed E-state index contributed by atoms with van der Waals surface area (Å²) in [5, 5.41) is 0. The maximum absolute atomic E-state index is 13.2. The quantitative estimate of drug-likeness (QED) is 0.384. The van der Waals surface area contributed by atoms with E-state index in [4.69, 9.17) is 0 Å². The molecule has 132 valence electrons. The Bertz CT molecular complexity index is 1000. The number of hydrogen-bond donors (Lipinski definition) is 0. The Morgan fingerprint density at radius 2 is 1.46 bits per heavy atom. The lowest BCUT2D eigenvalue weighted by Crippen LogP contribution is -2.27. The number of hydrogen-bond acceptors (Lipinski definition) is 4. The van der Waals surface area contributed by atoms with Crippen LogP contribution in [0.4, 0.5) is 0 Å². The van der Waals surface area contributed by atoms with Crippen LogP contribution >= 0.6 is 27.7 Å². The van der Waals surface area contributed by atoms with Crippen LogP contribution in [0.2, 0.25) is 0 Å². The fourth-order valence-corrected chi connectivity index (χ4v) is 5.97. The van der Waals surface area contributed by atoms with Crippen LogP contribution in [-0.4, -0.2) is 18.8 Å². The van der Waals surface area contributed by atoms with E-state index < -0.39 is 20.2 Å². The van der Waals surface area contributed by atoms with Gasteiger partial charge >= 0.3 is 0 Å². The number of benzene rings is 3. The van der Waals surface area contributed by atoms with Crippen LogP contribution < -0.4 is 0 Å². The number of rotatable bonds is 6. The maximum atomic E-state index is 13.2. The van der Waals surface area contributed by atoms with Crippen molar-refractivity contribution in [2.75, 3.05) is 0 Å². The van der Waals surface area contributed by atoms with Crippen molar-refractivity contribution in [3.8, 4) is 0 Å². The molecule has 26 heavy (non-hydrogen) atoms. The number of ketones is 1. The molecule has 1 unspecified atom stereocenters. The molecule has 3 nitrogen and oxygen atoms in total. The lowest BCUT2D eigenvalue weighted by Gasteiger charge is -2.17. The average molecular weight is 447 g/mol. The molecule has 0 aliphatic rings. The minimum Gasteiger partial charge on any atom is -0.292 e. The van der Waals surface area contributed by atoms with Gasteiger partial charge in [-0.3, -0.25) is 4.79 Å². The zero-order valence-electron chi connectivity index (χ0n) is 13.6. The van der Waals surface area contributed by atoms with Crippen LogP contribution in [0.15, 0.2) is 99.2 Å². The van der Waals surface area contributed by atoms with E-state index in [-0.39, 0.29) is 4.90 Å². The monoisotopic (exact) mass is 446 g/mol. The highest BCUT2D eigenvalue weighted by molar-refractivity contribution is 9.10. The number of halogens is 1. The smallest absolute Gasteiger partial charge is 0.198 e. The third kappa shape index (κ3) is 4.26. The summed E-state index contributed by atoms with van der Waals surface area (Å²) in [5.41, 5.74) is 0.354. The van der Waals surface area contributed by atoms with Crippen molar-refractivity contribution in [3.05, 3.63) is 95.0 Å². The molecule has 3 aromatic carbocycles. The zero-order chi connectivity index (χ0) is 18.6. The summed E-state index contributed by atoms with van der Waals surface area (Å²) >= 11 is 4.38. The zero-order valence-corrected chi connectivity index (χ0v) is 16.8. The lowest BCUT2D eigenvalue weighted by atomic mass is 10.1. The Kier molecular flexibility index (Phi) is 5.96. The Morgan fingerprint density at radius 1 is 0.846 bits per heavy atom. The van der Waals surface area contributed by atoms with E-state index in [1.165, 1.54) is 12.1 Å². The van der Waals surface area contributed by atoms with Crippen molar-refractivity contribution < 1.29 is 13.2 Å². The summed E-state index contributed by atoms with van der Waals surface area (Å²) in [5.74, 6) is -0.441. The molecule has 3 aromatic rings. The van der Waals surface area contributed by atoms with E-state index in [0.29, 0.717) is 5.56 Å². The van der Waals surface area contributed by atoms with Gasteiger partial charge in [-0.25, -0.2) is 8.42 Å². The van der Waals surface area contributed by atoms with Gasteiger partial charge in [0.2, 0.25) is 0 Å². The van der Waals surface area contributed by atoms with Gasteiger partial charge in [-0.15, -0.1) is 0 Å². The molecule has 0 spiro atoms. The van der Waals surface area contributed by atoms with Gasteiger partial charge in [-0.2, -0.15) is 0 Å². The largest absolute Gasteiger partial charge is 0.292 e. The molecule has 6 heteroatoms. The first-order chi connectivity index (χ1) is 12.5. The fraction of sp³-hybridized carbons (Fsp3) is 0.0500. The lowest BCUT2D eigenvalue weighted by molar-refractivity contribution is 0.101. The van der Waals surface area contributed by atoms with Crippen LogP contribution in [0.3, 0.4) is 0 Å². The number of Topliss-reactive ketones (excluding diaryl/α,β-unsaturated/α-hetero) is 1. The van der Waals surface area contributed by atoms with Gasteiger partial charge in [-0.05, 0) is 36.4 Å². The van der Waals surface area contributed by atoms with Gasteiger partial charge < -0.3 is 0 Å². The van der Waals surface area contributed by atoms with Gasteiger partial charge in [-0.1, -0.05) is 76.2 Å². The van der Waals surface area contributed by atoms with Crippen molar-refractivity contribution in [2.45, 2.75) is 14.4 Å². The van der Waals surface area contributed by atoms with Gasteiger partial charge in [0.15, 0.2) is 20.2 Å². The Hall–Kier alpha value is -1.89. The second kappa shape index (κ2) is 8.20. The molecule has 0 N–H and O–H groups in total. The van der Waals surface area contributed by atoms with Gasteiger partial charge in [0.05, 0.1) is 4.90 Å². The molecule has 0 heterocycles. The van der Waals surface area contributed by atoms with Crippen LogP contribution in [0.5, 0.6) is 0 Å². The Labute approximate surface area is 165 Å². The summed E-state index contributed by atoms with van der Waals surface area (Å²) in [7, 11) is -3.86. The van der Waals surface area contributed by atoms with Gasteiger partial charge in [0, 0.05) is 14.9 Å². The van der Waals surface area contributed by atoms with Crippen LogP contribution in [-0.2, 0) is 9.84 Å². The van der Waals surface area contributed by atoms with Crippen LogP contribution in [0.25, 0.3) is 0 Å². The van der Waals surface area contributed by atoms with Crippen LogP contribution in [0.1, 0.15) is 10.4 Å². The molecule has 1 atom stereocenters.